The van der Waals surface area contributed by atoms with E-state index in [2.05, 4.69) is 16.3 Å². The predicted octanol–water partition coefficient (Wildman–Crippen LogP) is 3.54. The Morgan fingerprint density at radius 1 is 1.12 bits per heavy atom. The van der Waals surface area contributed by atoms with Crippen molar-refractivity contribution in [2.75, 3.05) is 25.0 Å². The van der Waals surface area contributed by atoms with Crippen molar-refractivity contribution in [3.05, 3.63) is 59.4 Å². The van der Waals surface area contributed by atoms with Crippen molar-refractivity contribution in [3.8, 4) is 5.75 Å². The van der Waals surface area contributed by atoms with Crippen LogP contribution in [0.2, 0.25) is 0 Å². The first kappa shape index (κ1) is 16.1. The third-order valence-corrected chi connectivity index (χ3v) is 5.01. The number of hydrogen-bond acceptors (Lipinski definition) is 3. The van der Waals surface area contributed by atoms with Gasteiger partial charge in [-0.1, -0.05) is 18.2 Å². The Bertz CT molecular complexity index is 768. The molecule has 0 aromatic heterocycles. The number of benzene rings is 2. The van der Waals surface area contributed by atoms with E-state index in [1.165, 1.54) is 11.1 Å². The molecular formula is C20H21FN2O2. The molecule has 0 unspecified atom stereocenters. The van der Waals surface area contributed by atoms with Gasteiger partial charge in [0.2, 0.25) is 0 Å². The number of hydrogen-bond donors (Lipinski definition) is 1. The van der Waals surface area contributed by atoms with Crippen molar-refractivity contribution >= 4 is 11.6 Å². The molecular weight excluding hydrogens is 319 g/mol. The number of ether oxygens (including phenoxy) is 1. The van der Waals surface area contributed by atoms with E-state index in [-0.39, 0.29) is 18.3 Å². The number of amides is 1. The zero-order valence-electron chi connectivity index (χ0n) is 14.0. The van der Waals surface area contributed by atoms with Crippen molar-refractivity contribution in [1.82, 2.24) is 4.90 Å². The van der Waals surface area contributed by atoms with Crippen LogP contribution in [0.3, 0.4) is 0 Å². The summed E-state index contributed by atoms with van der Waals surface area (Å²) >= 11 is 0. The molecule has 2 heterocycles. The van der Waals surface area contributed by atoms with Gasteiger partial charge in [-0.15, -0.1) is 0 Å². The van der Waals surface area contributed by atoms with Crippen LogP contribution in [0, 0.1) is 5.82 Å². The standard InChI is InChI=1S/C20H21FN2O2/c21-17-4-2-15(3-5-17)16-7-9-23(10-8-16)12-14-1-6-19-18(11-14)22-20(24)13-25-19/h1-6,11,16H,7-10,12-13H2,(H,22,24). The maximum atomic E-state index is 13.1. The lowest BCUT2D eigenvalue weighted by atomic mass is 9.89. The van der Waals surface area contributed by atoms with Crippen molar-refractivity contribution in [1.29, 1.82) is 0 Å². The van der Waals surface area contributed by atoms with Gasteiger partial charge in [-0.05, 0) is 67.2 Å². The SMILES string of the molecule is O=C1COc2ccc(CN3CCC(c4ccc(F)cc4)CC3)cc2N1. The first-order valence-corrected chi connectivity index (χ1v) is 8.71. The number of carbonyl (C=O) groups is 1. The number of fused-ring (bicyclic) bond motifs is 1. The predicted molar refractivity (Wildman–Crippen MR) is 94.2 cm³/mol. The zero-order chi connectivity index (χ0) is 17.2. The summed E-state index contributed by atoms with van der Waals surface area (Å²) in [5.41, 5.74) is 3.16. The number of anilines is 1. The summed E-state index contributed by atoms with van der Waals surface area (Å²) in [5.74, 6) is 0.959. The van der Waals surface area contributed by atoms with E-state index in [1.54, 1.807) is 12.1 Å². The molecule has 1 saturated heterocycles. The van der Waals surface area contributed by atoms with E-state index >= 15 is 0 Å². The van der Waals surface area contributed by atoms with Crippen molar-refractivity contribution < 1.29 is 13.9 Å². The smallest absolute Gasteiger partial charge is 0.262 e. The first-order valence-electron chi connectivity index (χ1n) is 8.71. The van der Waals surface area contributed by atoms with Gasteiger partial charge in [0, 0.05) is 6.54 Å². The van der Waals surface area contributed by atoms with Crippen LogP contribution < -0.4 is 10.1 Å². The second-order valence-electron chi connectivity index (χ2n) is 6.77. The summed E-state index contributed by atoms with van der Waals surface area (Å²) in [6.07, 6.45) is 2.16. The highest BCUT2D eigenvalue weighted by Gasteiger charge is 2.21. The molecule has 1 amide bonds. The molecule has 5 heteroatoms. The van der Waals surface area contributed by atoms with Crippen LogP contribution in [-0.4, -0.2) is 30.5 Å². The number of halogens is 1. The van der Waals surface area contributed by atoms with Crippen molar-refractivity contribution in [2.24, 2.45) is 0 Å². The van der Waals surface area contributed by atoms with E-state index in [0.717, 1.165) is 43.9 Å². The molecule has 0 aliphatic carbocycles. The molecule has 130 valence electrons. The first-order chi connectivity index (χ1) is 12.2. The van der Waals surface area contributed by atoms with E-state index in [4.69, 9.17) is 4.74 Å². The topological polar surface area (TPSA) is 41.6 Å². The molecule has 4 rings (SSSR count). The largest absolute Gasteiger partial charge is 0.482 e. The minimum absolute atomic E-state index is 0.0866. The molecule has 2 aliphatic heterocycles. The van der Waals surface area contributed by atoms with Crippen LogP contribution >= 0.6 is 0 Å². The van der Waals surface area contributed by atoms with Crippen LogP contribution in [0.5, 0.6) is 5.75 Å². The molecule has 2 aliphatic rings. The molecule has 1 fully saturated rings. The Morgan fingerprint density at radius 2 is 1.88 bits per heavy atom. The van der Waals surface area contributed by atoms with Crippen LogP contribution in [0.4, 0.5) is 10.1 Å². The number of piperidine rings is 1. The van der Waals surface area contributed by atoms with Crippen LogP contribution in [-0.2, 0) is 11.3 Å². The van der Waals surface area contributed by atoms with Crippen molar-refractivity contribution in [3.63, 3.8) is 0 Å². The maximum absolute atomic E-state index is 13.1. The van der Waals surface area contributed by atoms with Gasteiger partial charge in [-0.3, -0.25) is 9.69 Å². The summed E-state index contributed by atoms with van der Waals surface area (Å²) in [6.45, 7) is 2.98. The summed E-state index contributed by atoms with van der Waals surface area (Å²) < 4.78 is 18.5. The number of likely N-dealkylation sites (tertiary alicyclic amines) is 1. The molecule has 25 heavy (non-hydrogen) atoms. The van der Waals surface area contributed by atoms with Gasteiger partial charge in [0.15, 0.2) is 6.61 Å². The van der Waals surface area contributed by atoms with Gasteiger partial charge in [0.05, 0.1) is 5.69 Å². The minimum Gasteiger partial charge on any atom is -0.482 e. The van der Waals surface area contributed by atoms with Crippen molar-refractivity contribution in [2.45, 2.75) is 25.3 Å². The van der Waals surface area contributed by atoms with Gasteiger partial charge >= 0.3 is 0 Å². The fourth-order valence-corrected chi connectivity index (χ4v) is 3.65. The van der Waals surface area contributed by atoms with Gasteiger partial charge in [0.25, 0.3) is 5.91 Å². The monoisotopic (exact) mass is 340 g/mol. The maximum Gasteiger partial charge on any atom is 0.262 e. The number of rotatable bonds is 3. The molecule has 2 aromatic carbocycles. The lowest BCUT2D eigenvalue weighted by Crippen LogP contribution is -2.32. The van der Waals surface area contributed by atoms with Gasteiger partial charge < -0.3 is 10.1 Å². The Balaban J connectivity index is 1.36. The zero-order valence-corrected chi connectivity index (χ0v) is 14.0. The highest BCUT2D eigenvalue weighted by Crippen LogP contribution is 2.31. The van der Waals surface area contributed by atoms with E-state index < -0.39 is 0 Å². The van der Waals surface area contributed by atoms with Crippen LogP contribution in [0.25, 0.3) is 0 Å². The Kier molecular flexibility index (Phi) is 4.40. The molecule has 0 radical (unpaired) electrons. The highest BCUT2D eigenvalue weighted by molar-refractivity contribution is 5.95. The average Bonchev–Trinajstić information content (AvgIpc) is 2.63. The third kappa shape index (κ3) is 3.66. The molecule has 0 bridgehead atoms. The molecule has 0 atom stereocenters. The quantitative estimate of drug-likeness (QED) is 0.929. The fraction of sp³-hybridized carbons (Fsp3) is 0.350. The normalized spacial score (nSPS) is 18.4. The summed E-state index contributed by atoms with van der Waals surface area (Å²) in [7, 11) is 0. The van der Waals surface area contributed by atoms with E-state index in [1.807, 2.05) is 24.3 Å². The molecule has 0 spiro atoms. The van der Waals surface area contributed by atoms with Gasteiger partial charge in [-0.2, -0.15) is 0 Å². The van der Waals surface area contributed by atoms with E-state index in [0.29, 0.717) is 5.92 Å². The summed E-state index contributed by atoms with van der Waals surface area (Å²) in [4.78, 5) is 13.9. The molecule has 0 saturated carbocycles. The van der Waals surface area contributed by atoms with Crippen LogP contribution in [0.15, 0.2) is 42.5 Å². The number of nitrogens with zero attached hydrogens (tertiary/aromatic N) is 1. The second-order valence-corrected chi connectivity index (χ2v) is 6.77. The molecule has 2 aromatic rings. The summed E-state index contributed by atoms with van der Waals surface area (Å²) in [5, 5.41) is 2.86. The van der Waals surface area contributed by atoms with Crippen LogP contribution in [0.1, 0.15) is 29.9 Å². The fourth-order valence-electron chi connectivity index (χ4n) is 3.65. The minimum atomic E-state index is -0.176. The Hall–Kier alpha value is -2.40. The Morgan fingerprint density at radius 3 is 2.64 bits per heavy atom. The molecule has 4 nitrogen and oxygen atoms in total. The number of nitrogens with one attached hydrogen (secondary N) is 1. The highest BCUT2D eigenvalue weighted by atomic mass is 19.1. The second kappa shape index (κ2) is 6.84. The van der Waals surface area contributed by atoms with Gasteiger partial charge in [-0.25, -0.2) is 4.39 Å². The third-order valence-electron chi connectivity index (χ3n) is 5.01. The Labute approximate surface area is 146 Å². The lowest BCUT2D eigenvalue weighted by molar-refractivity contribution is -0.118. The average molecular weight is 340 g/mol. The van der Waals surface area contributed by atoms with Gasteiger partial charge in [0.1, 0.15) is 11.6 Å². The lowest BCUT2D eigenvalue weighted by Gasteiger charge is -2.32. The van der Waals surface area contributed by atoms with E-state index in [9.17, 15) is 9.18 Å². The molecule has 1 N–H and O–H groups in total. The number of carbonyl (C=O) groups excluding carboxylic acids is 1. The summed E-state index contributed by atoms with van der Waals surface area (Å²) in [6, 6.07) is 12.9.